The number of halogens is 1. The topological polar surface area (TPSA) is 70.5 Å². The number of hydrogen-bond donors (Lipinski definition) is 1. The molecule has 2 fully saturated rings. The predicted octanol–water partition coefficient (Wildman–Crippen LogP) is 6.44. The van der Waals surface area contributed by atoms with Gasteiger partial charge in [-0.05, 0) is 111 Å². The van der Waals surface area contributed by atoms with Gasteiger partial charge in [0.15, 0.2) is 0 Å². The van der Waals surface area contributed by atoms with E-state index in [-0.39, 0.29) is 17.5 Å². The molecule has 3 aliphatic rings. The number of carbonyl (C=O) groups excluding carboxylic acids is 1. The van der Waals surface area contributed by atoms with Gasteiger partial charge in [0, 0.05) is 54.6 Å². The third-order valence-electron chi connectivity index (χ3n) is 10.7. The quantitative estimate of drug-likeness (QED) is 0.211. The SMILES string of the molecule is O=C(NCCCN1CCCC(n2nc(Cc3ccc(Cl)cc3)c3ccccc3c2=O)CC1)c1ccc2c(c1)CCN(C1CCC1)CC2. The van der Waals surface area contributed by atoms with E-state index in [0.717, 1.165) is 105 Å². The number of likely N-dealkylation sites (tertiary alicyclic amines) is 1. The zero-order chi connectivity index (χ0) is 32.2. The highest BCUT2D eigenvalue weighted by molar-refractivity contribution is 6.30. The Balaban J connectivity index is 0.926. The zero-order valence-electron chi connectivity index (χ0n) is 27.3. The summed E-state index contributed by atoms with van der Waals surface area (Å²) in [6.07, 6.45) is 10.5. The van der Waals surface area contributed by atoms with Crippen molar-refractivity contribution in [2.24, 2.45) is 0 Å². The second-order valence-electron chi connectivity index (χ2n) is 13.7. The number of nitrogens with one attached hydrogen (secondary N) is 1. The first-order chi connectivity index (χ1) is 23.0. The van der Waals surface area contributed by atoms with E-state index in [2.05, 4.69) is 27.2 Å². The van der Waals surface area contributed by atoms with Crippen molar-refractivity contribution in [2.45, 2.75) is 76.3 Å². The maximum Gasteiger partial charge on any atom is 0.274 e. The van der Waals surface area contributed by atoms with E-state index >= 15 is 0 Å². The minimum absolute atomic E-state index is 0.00453. The normalized spacial score (nSPS) is 19.5. The number of aromatic nitrogens is 2. The largest absolute Gasteiger partial charge is 0.352 e. The van der Waals surface area contributed by atoms with Crippen LogP contribution in [0, 0.1) is 0 Å². The molecule has 1 saturated heterocycles. The van der Waals surface area contributed by atoms with Crippen LogP contribution in [0.4, 0.5) is 0 Å². The van der Waals surface area contributed by atoms with Gasteiger partial charge in [-0.15, -0.1) is 0 Å². The lowest BCUT2D eigenvalue weighted by atomic mass is 9.91. The average Bonchev–Trinajstić information content (AvgIpc) is 3.43. The summed E-state index contributed by atoms with van der Waals surface area (Å²) in [7, 11) is 0. The molecule has 4 aromatic rings. The van der Waals surface area contributed by atoms with Crippen molar-refractivity contribution >= 4 is 28.3 Å². The molecule has 1 aliphatic carbocycles. The van der Waals surface area contributed by atoms with Gasteiger partial charge < -0.3 is 10.2 Å². The van der Waals surface area contributed by atoms with Crippen LogP contribution in [0.15, 0.2) is 71.5 Å². The second kappa shape index (κ2) is 14.7. The van der Waals surface area contributed by atoms with Gasteiger partial charge in [0.1, 0.15) is 0 Å². The Bertz CT molecular complexity index is 1770. The van der Waals surface area contributed by atoms with Crippen LogP contribution >= 0.6 is 11.6 Å². The lowest BCUT2D eigenvalue weighted by Crippen LogP contribution is -2.41. The van der Waals surface area contributed by atoms with E-state index in [1.165, 1.54) is 30.4 Å². The number of benzene rings is 3. The van der Waals surface area contributed by atoms with E-state index in [4.69, 9.17) is 16.7 Å². The Hall–Kier alpha value is -3.52. The van der Waals surface area contributed by atoms with Crippen molar-refractivity contribution in [1.29, 1.82) is 0 Å². The molecule has 7 rings (SSSR count). The Morgan fingerprint density at radius 3 is 2.38 bits per heavy atom. The molecule has 0 radical (unpaired) electrons. The maximum atomic E-state index is 13.6. The molecule has 3 heterocycles. The van der Waals surface area contributed by atoms with Gasteiger partial charge >= 0.3 is 0 Å². The number of rotatable bonds is 9. The monoisotopic (exact) mass is 651 g/mol. The van der Waals surface area contributed by atoms with Crippen LogP contribution in [0.5, 0.6) is 0 Å². The zero-order valence-corrected chi connectivity index (χ0v) is 28.1. The summed E-state index contributed by atoms with van der Waals surface area (Å²) in [6, 6.07) is 22.8. The van der Waals surface area contributed by atoms with Crippen LogP contribution < -0.4 is 10.9 Å². The summed E-state index contributed by atoms with van der Waals surface area (Å²) in [5.41, 5.74) is 5.56. The van der Waals surface area contributed by atoms with Crippen LogP contribution in [-0.2, 0) is 19.3 Å². The Morgan fingerprint density at radius 1 is 0.830 bits per heavy atom. The molecule has 1 aromatic heterocycles. The predicted molar refractivity (Wildman–Crippen MR) is 190 cm³/mol. The van der Waals surface area contributed by atoms with Gasteiger partial charge in [-0.25, -0.2) is 4.68 Å². The summed E-state index contributed by atoms with van der Waals surface area (Å²) < 4.78 is 1.77. The van der Waals surface area contributed by atoms with Crippen LogP contribution in [0.2, 0.25) is 5.02 Å². The van der Waals surface area contributed by atoms with Gasteiger partial charge in [-0.2, -0.15) is 5.10 Å². The highest BCUT2D eigenvalue weighted by Crippen LogP contribution is 2.28. The first kappa shape index (κ1) is 32.0. The molecule has 3 aromatic carbocycles. The summed E-state index contributed by atoms with van der Waals surface area (Å²) in [5.74, 6) is 0.0278. The Morgan fingerprint density at radius 2 is 1.60 bits per heavy atom. The van der Waals surface area contributed by atoms with Crippen molar-refractivity contribution in [1.82, 2.24) is 24.9 Å². The van der Waals surface area contributed by atoms with Gasteiger partial charge in [-0.1, -0.05) is 54.4 Å². The summed E-state index contributed by atoms with van der Waals surface area (Å²) in [5, 5.41) is 10.5. The number of nitrogens with zero attached hydrogens (tertiary/aromatic N) is 4. The fraction of sp³-hybridized carbons (Fsp3) is 0.462. The van der Waals surface area contributed by atoms with Gasteiger partial charge in [0.25, 0.3) is 11.5 Å². The molecule has 2 aliphatic heterocycles. The van der Waals surface area contributed by atoms with E-state index < -0.39 is 0 Å². The van der Waals surface area contributed by atoms with Crippen molar-refractivity contribution in [3.63, 3.8) is 0 Å². The Labute approximate surface area is 282 Å². The highest BCUT2D eigenvalue weighted by Gasteiger charge is 2.27. The maximum absolute atomic E-state index is 13.6. The van der Waals surface area contributed by atoms with Crippen molar-refractivity contribution in [3.8, 4) is 0 Å². The Kier molecular flexibility index (Phi) is 10.0. The fourth-order valence-corrected chi connectivity index (χ4v) is 7.79. The molecule has 1 N–H and O–H groups in total. The molecule has 47 heavy (non-hydrogen) atoms. The summed E-state index contributed by atoms with van der Waals surface area (Å²) in [6.45, 7) is 5.74. The summed E-state index contributed by atoms with van der Waals surface area (Å²) in [4.78, 5) is 31.8. The lowest BCUT2D eigenvalue weighted by Gasteiger charge is -2.36. The molecular formula is C39H46ClN5O2. The first-order valence-electron chi connectivity index (χ1n) is 17.6. The molecule has 7 nitrogen and oxygen atoms in total. The van der Waals surface area contributed by atoms with Gasteiger partial charge in [-0.3, -0.25) is 14.5 Å². The number of hydrogen-bond acceptors (Lipinski definition) is 5. The first-order valence-corrected chi connectivity index (χ1v) is 18.0. The summed E-state index contributed by atoms with van der Waals surface area (Å²) >= 11 is 6.12. The molecule has 1 atom stereocenters. The molecule has 8 heteroatoms. The van der Waals surface area contributed by atoms with Crippen molar-refractivity contribution in [2.75, 3.05) is 39.3 Å². The molecule has 246 valence electrons. The van der Waals surface area contributed by atoms with E-state index in [1.54, 1.807) is 4.68 Å². The van der Waals surface area contributed by atoms with Crippen LogP contribution in [0.3, 0.4) is 0 Å². The van der Waals surface area contributed by atoms with Crippen LogP contribution in [0.1, 0.15) is 83.7 Å². The lowest BCUT2D eigenvalue weighted by molar-refractivity contribution is 0.0951. The molecule has 1 unspecified atom stereocenters. The van der Waals surface area contributed by atoms with E-state index in [0.29, 0.717) is 18.0 Å². The molecule has 1 saturated carbocycles. The fourth-order valence-electron chi connectivity index (χ4n) is 7.66. The minimum Gasteiger partial charge on any atom is -0.352 e. The third-order valence-corrected chi connectivity index (χ3v) is 10.9. The highest BCUT2D eigenvalue weighted by atomic mass is 35.5. The molecule has 0 spiro atoms. The van der Waals surface area contributed by atoms with Crippen molar-refractivity contribution < 1.29 is 4.79 Å². The van der Waals surface area contributed by atoms with Gasteiger partial charge in [0.2, 0.25) is 0 Å². The van der Waals surface area contributed by atoms with E-state index in [1.807, 2.05) is 54.6 Å². The molecule has 0 bridgehead atoms. The second-order valence-corrected chi connectivity index (χ2v) is 14.1. The van der Waals surface area contributed by atoms with Crippen LogP contribution in [-0.4, -0.2) is 70.8 Å². The average molecular weight is 652 g/mol. The third kappa shape index (κ3) is 7.48. The van der Waals surface area contributed by atoms with Crippen LogP contribution in [0.25, 0.3) is 10.8 Å². The number of fused-ring (bicyclic) bond motifs is 2. The van der Waals surface area contributed by atoms with E-state index in [9.17, 15) is 9.59 Å². The number of carbonyl (C=O) groups is 1. The molecular weight excluding hydrogens is 606 g/mol. The number of amides is 1. The van der Waals surface area contributed by atoms with Gasteiger partial charge in [0.05, 0.1) is 17.1 Å². The smallest absolute Gasteiger partial charge is 0.274 e. The minimum atomic E-state index is -0.00453. The van der Waals surface area contributed by atoms with Crippen molar-refractivity contribution in [3.05, 3.63) is 110 Å². The standard InChI is InChI=1S/C39H46ClN5O2/c40-32-15-11-28(12-16-32)26-37-35-9-1-2-10-36(35)39(47)45(42-37)34-8-4-21-43(23-19-34)22-5-20-41-38(46)31-14-13-29-17-24-44(33-6-3-7-33)25-18-30(29)27-31/h1-2,9-16,27,33-34H,3-8,17-26H2,(H,41,46). The molecule has 1 amide bonds.